The van der Waals surface area contributed by atoms with E-state index in [4.69, 9.17) is 9.47 Å². The van der Waals surface area contributed by atoms with Gasteiger partial charge in [-0.3, -0.25) is 4.79 Å². The van der Waals surface area contributed by atoms with Gasteiger partial charge in [-0.15, -0.1) is 0 Å². The van der Waals surface area contributed by atoms with Gasteiger partial charge in [0.1, 0.15) is 0 Å². The van der Waals surface area contributed by atoms with Crippen LogP contribution in [0.4, 0.5) is 0 Å². The Balaban J connectivity index is 2.01. The largest absolute Gasteiger partial charge is 0.385 e. The third-order valence-electron chi connectivity index (χ3n) is 3.06. The average Bonchev–Trinajstić information content (AvgIpc) is 2.82. The Labute approximate surface area is 103 Å². The van der Waals surface area contributed by atoms with Crippen LogP contribution in [0.15, 0.2) is 0 Å². The summed E-state index contributed by atoms with van der Waals surface area (Å²) < 4.78 is 10.2. The molecule has 0 aromatic heterocycles. The highest BCUT2D eigenvalue weighted by Crippen LogP contribution is 2.09. The summed E-state index contributed by atoms with van der Waals surface area (Å²) in [5, 5.41) is 6.11. The second-order valence-corrected chi connectivity index (χ2v) is 4.40. The van der Waals surface area contributed by atoms with E-state index in [2.05, 4.69) is 10.6 Å². The maximum Gasteiger partial charge on any atom is 0.237 e. The number of carbonyl (C=O) groups is 1. The second-order valence-electron chi connectivity index (χ2n) is 4.40. The molecule has 1 rings (SSSR count). The molecule has 0 aromatic rings. The maximum absolute atomic E-state index is 11.7. The van der Waals surface area contributed by atoms with Crippen molar-refractivity contribution < 1.29 is 14.3 Å². The van der Waals surface area contributed by atoms with Crippen molar-refractivity contribution in [1.82, 2.24) is 10.6 Å². The van der Waals surface area contributed by atoms with E-state index in [-0.39, 0.29) is 18.1 Å². The minimum atomic E-state index is -0.0843. The molecule has 5 heteroatoms. The van der Waals surface area contributed by atoms with Crippen molar-refractivity contribution in [3.8, 4) is 0 Å². The Morgan fingerprint density at radius 3 is 2.82 bits per heavy atom. The van der Waals surface area contributed by atoms with Crippen molar-refractivity contribution in [3.05, 3.63) is 0 Å². The highest BCUT2D eigenvalue weighted by atomic mass is 16.5. The van der Waals surface area contributed by atoms with Gasteiger partial charge < -0.3 is 20.1 Å². The van der Waals surface area contributed by atoms with E-state index >= 15 is 0 Å². The number of nitrogens with one attached hydrogen (secondary N) is 2. The molecule has 1 heterocycles. The van der Waals surface area contributed by atoms with Crippen LogP contribution in [0, 0.1) is 0 Å². The lowest BCUT2D eigenvalue weighted by Gasteiger charge is -2.11. The van der Waals surface area contributed by atoms with Gasteiger partial charge in [0.2, 0.25) is 5.91 Å². The van der Waals surface area contributed by atoms with E-state index < -0.39 is 0 Å². The Hall–Kier alpha value is -0.650. The lowest BCUT2D eigenvalue weighted by Crippen LogP contribution is -2.40. The standard InChI is InChI=1S/C12H24N2O3/c1-16-7-5-3-4-6-13-12(15)11-8-10(17-2)9-14-11/h10-11,14H,3-9H2,1-2H3,(H,13,15). The van der Waals surface area contributed by atoms with Crippen molar-refractivity contribution in [2.24, 2.45) is 0 Å². The molecule has 0 saturated carbocycles. The summed E-state index contributed by atoms with van der Waals surface area (Å²) in [6, 6.07) is -0.0843. The fourth-order valence-corrected chi connectivity index (χ4v) is 1.97. The lowest BCUT2D eigenvalue weighted by molar-refractivity contribution is -0.122. The summed E-state index contributed by atoms with van der Waals surface area (Å²) in [4.78, 5) is 11.7. The molecule has 17 heavy (non-hydrogen) atoms. The van der Waals surface area contributed by atoms with Gasteiger partial charge in [0.25, 0.3) is 0 Å². The predicted octanol–water partition coefficient (Wildman–Crippen LogP) is 0.296. The summed E-state index contributed by atoms with van der Waals surface area (Å²) in [5.74, 6) is 0.0938. The van der Waals surface area contributed by atoms with Gasteiger partial charge in [0.05, 0.1) is 12.1 Å². The molecule has 1 fully saturated rings. The van der Waals surface area contributed by atoms with Gasteiger partial charge in [-0.05, 0) is 25.7 Å². The molecule has 0 spiro atoms. The number of rotatable bonds is 8. The SMILES string of the molecule is COCCCCCNC(=O)C1CC(OC)CN1. The number of methoxy groups -OCH3 is 2. The van der Waals surface area contributed by atoms with Gasteiger partial charge in [0, 0.05) is 33.9 Å². The van der Waals surface area contributed by atoms with Crippen LogP contribution in [0.25, 0.3) is 0 Å². The molecule has 0 aliphatic carbocycles. The van der Waals surface area contributed by atoms with Crippen molar-refractivity contribution in [3.63, 3.8) is 0 Å². The molecular formula is C12H24N2O3. The molecule has 1 saturated heterocycles. The molecule has 5 nitrogen and oxygen atoms in total. The minimum Gasteiger partial charge on any atom is -0.385 e. The highest BCUT2D eigenvalue weighted by Gasteiger charge is 2.28. The van der Waals surface area contributed by atoms with Gasteiger partial charge >= 0.3 is 0 Å². The first kappa shape index (κ1) is 14.4. The van der Waals surface area contributed by atoms with Crippen LogP contribution in [0.2, 0.25) is 0 Å². The molecular weight excluding hydrogens is 220 g/mol. The van der Waals surface area contributed by atoms with Crippen molar-refractivity contribution >= 4 is 5.91 Å². The number of unbranched alkanes of at least 4 members (excludes halogenated alkanes) is 2. The zero-order valence-corrected chi connectivity index (χ0v) is 10.8. The van der Waals surface area contributed by atoms with Crippen LogP contribution in [0.3, 0.4) is 0 Å². The Morgan fingerprint density at radius 2 is 2.18 bits per heavy atom. The lowest BCUT2D eigenvalue weighted by atomic mass is 10.2. The first-order valence-corrected chi connectivity index (χ1v) is 6.30. The van der Waals surface area contributed by atoms with Crippen molar-refractivity contribution in [2.75, 3.05) is 33.9 Å². The Bertz CT molecular complexity index is 224. The quantitative estimate of drug-likeness (QED) is 0.603. The summed E-state index contributed by atoms with van der Waals surface area (Å²) in [6.45, 7) is 2.31. The van der Waals surface area contributed by atoms with Crippen LogP contribution in [-0.4, -0.2) is 52.0 Å². The number of amides is 1. The second kappa shape index (κ2) is 8.44. The van der Waals surface area contributed by atoms with E-state index in [0.717, 1.165) is 45.4 Å². The monoisotopic (exact) mass is 244 g/mol. The molecule has 100 valence electrons. The Morgan fingerprint density at radius 1 is 1.35 bits per heavy atom. The van der Waals surface area contributed by atoms with E-state index in [1.54, 1.807) is 14.2 Å². The van der Waals surface area contributed by atoms with Gasteiger partial charge in [-0.1, -0.05) is 0 Å². The molecule has 1 amide bonds. The number of hydrogen-bond donors (Lipinski definition) is 2. The molecule has 0 radical (unpaired) electrons. The maximum atomic E-state index is 11.7. The summed E-state index contributed by atoms with van der Waals surface area (Å²) >= 11 is 0. The molecule has 0 bridgehead atoms. The third-order valence-corrected chi connectivity index (χ3v) is 3.06. The van der Waals surface area contributed by atoms with Gasteiger partial charge in [0.15, 0.2) is 0 Å². The third kappa shape index (κ3) is 5.48. The zero-order chi connectivity index (χ0) is 12.5. The van der Waals surface area contributed by atoms with Crippen LogP contribution < -0.4 is 10.6 Å². The topological polar surface area (TPSA) is 59.6 Å². The molecule has 2 unspecified atom stereocenters. The van der Waals surface area contributed by atoms with E-state index in [1.807, 2.05) is 0 Å². The Kier molecular flexibility index (Phi) is 7.16. The summed E-state index contributed by atoms with van der Waals surface area (Å²) in [5.41, 5.74) is 0. The average molecular weight is 244 g/mol. The van der Waals surface area contributed by atoms with Crippen molar-refractivity contribution in [1.29, 1.82) is 0 Å². The van der Waals surface area contributed by atoms with Crippen LogP contribution in [0.5, 0.6) is 0 Å². The van der Waals surface area contributed by atoms with Gasteiger partial charge in [-0.2, -0.15) is 0 Å². The van der Waals surface area contributed by atoms with Crippen LogP contribution in [0.1, 0.15) is 25.7 Å². The fraction of sp³-hybridized carbons (Fsp3) is 0.917. The fourth-order valence-electron chi connectivity index (χ4n) is 1.97. The zero-order valence-electron chi connectivity index (χ0n) is 10.8. The molecule has 1 aliphatic rings. The predicted molar refractivity (Wildman–Crippen MR) is 65.9 cm³/mol. The van der Waals surface area contributed by atoms with E-state index in [1.165, 1.54) is 0 Å². The minimum absolute atomic E-state index is 0.0843. The smallest absolute Gasteiger partial charge is 0.237 e. The van der Waals surface area contributed by atoms with Crippen LogP contribution in [-0.2, 0) is 14.3 Å². The normalized spacial score (nSPS) is 23.9. The first-order chi connectivity index (χ1) is 8.27. The van der Waals surface area contributed by atoms with Gasteiger partial charge in [-0.25, -0.2) is 0 Å². The number of hydrogen-bond acceptors (Lipinski definition) is 4. The van der Waals surface area contributed by atoms with E-state index in [0.29, 0.717) is 0 Å². The van der Waals surface area contributed by atoms with Crippen molar-refractivity contribution in [2.45, 2.75) is 37.8 Å². The number of carbonyl (C=O) groups excluding carboxylic acids is 1. The molecule has 0 aromatic carbocycles. The molecule has 1 aliphatic heterocycles. The molecule has 2 atom stereocenters. The number of ether oxygens (including phenoxy) is 2. The van der Waals surface area contributed by atoms with E-state index in [9.17, 15) is 4.79 Å². The molecule has 2 N–H and O–H groups in total. The summed E-state index contributed by atoms with van der Waals surface area (Å²) in [6.07, 6.45) is 4.10. The summed E-state index contributed by atoms with van der Waals surface area (Å²) in [7, 11) is 3.39. The van der Waals surface area contributed by atoms with Crippen LogP contribution >= 0.6 is 0 Å². The first-order valence-electron chi connectivity index (χ1n) is 6.30. The highest BCUT2D eigenvalue weighted by molar-refractivity contribution is 5.82.